The van der Waals surface area contributed by atoms with Crippen LogP contribution < -0.4 is 10.5 Å². The van der Waals surface area contributed by atoms with Gasteiger partial charge in [0, 0.05) is 37.4 Å². The lowest BCUT2D eigenvalue weighted by Gasteiger charge is -2.24. The molecule has 6 nitrogen and oxygen atoms in total. The number of carbonyl (C=O) groups is 1. The van der Waals surface area contributed by atoms with Gasteiger partial charge in [-0.1, -0.05) is 12.1 Å². The summed E-state index contributed by atoms with van der Waals surface area (Å²) in [5.74, 6) is -0.191. The zero-order valence-electron chi connectivity index (χ0n) is 15.9. The van der Waals surface area contributed by atoms with Gasteiger partial charge >= 0.3 is 0 Å². The van der Waals surface area contributed by atoms with Crippen LogP contribution in [0.15, 0.2) is 42.7 Å². The highest BCUT2D eigenvalue weighted by molar-refractivity contribution is 5.93. The second kappa shape index (κ2) is 7.24. The van der Waals surface area contributed by atoms with Crippen molar-refractivity contribution in [3.63, 3.8) is 0 Å². The van der Waals surface area contributed by atoms with Crippen molar-refractivity contribution in [2.45, 2.75) is 31.8 Å². The van der Waals surface area contributed by atoms with Gasteiger partial charge in [-0.15, -0.1) is 0 Å². The highest BCUT2D eigenvalue weighted by atomic mass is 19.1. The number of likely N-dealkylation sites (tertiary alicyclic amines) is 1. The largest absolute Gasteiger partial charge is 0.494 e. The van der Waals surface area contributed by atoms with E-state index < -0.39 is 0 Å². The number of carbonyl (C=O) groups excluding carboxylic acids is 1. The van der Waals surface area contributed by atoms with Gasteiger partial charge < -0.3 is 19.8 Å². The van der Waals surface area contributed by atoms with Gasteiger partial charge in [0.1, 0.15) is 11.3 Å². The molecule has 3 heterocycles. The molecule has 1 aromatic carbocycles. The number of nitrogens with two attached hydrogens (primary N) is 1. The van der Waals surface area contributed by atoms with Crippen LogP contribution in [0.25, 0.3) is 5.65 Å². The summed E-state index contributed by atoms with van der Waals surface area (Å²) in [5.41, 5.74) is 8.65. The fraction of sp³-hybridized carbons (Fsp3) is 0.333. The first-order chi connectivity index (χ1) is 13.5. The van der Waals surface area contributed by atoms with Crippen molar-refractivity contribution in [2.24, 2.45) is 5.73 Å². The number of hydrogen-bond donors (Lipinski definition) is 1. The maximum Gasteiger partial charge on any atom is 0.274 e. The number of hydrogen-bond acceptors (Lipinski definition) is 4. The Balaban J connectivity index is 1.57. The minimum Gasteiger partial charge on any atom is -0.494 e. The number of pyridine rings is 1. The van der Waals surface area contributed by atoms with Crippen LogP contribution in [0, 0.1) is 5.82 Å². The van der Waals surface area contributed by atoms with Gasteiger partial charge in [-0.2, -0.15) is 0 Å². The van der Waals surface area contributed by atoms with E-state index in [4.69, 9.17) is 10.5 Å². The average Bonchev–Trinajstić information content (AvgIpc) is 3.30. The molecule has 2 unspecified atom stereocenters. The van der Waals surface area contributed by atoms with Gasteiger partial charge in [0.05, 0.1) is 7.11 Å². The topological polar surface area (TPSA) is 72.9 Å². The Labute approximate surface area is 162 Å². The van der Waals surface area contributed by atoms with Gasteiger partial charge in [-0.25, -0.2) is 9.37 Å². The Bertz CT molecular complexity index is 1030. The number of rotatable bonds is 4. The number of imidazole rings is 1. The first-order valence-corrected chi connectivity index (χ1v) is 9.34. The number of ether oxygens (including phenoxy) is 1. The van der Waals surface area contributed by atoms with E-state index in [-0.39, 0.29) is 29.4 Å². The van der Waals surface area contributed by atoms with E-state index >= 15 is 0 Å². The summed E-state index contributed by atoms with van der Waals surface area (Å²) in [5, 5.41) is 0. The molecule has 7 heteroatoms. The number of amides is 1. The van der Waals surface area contributed by atoms with E-state index in [9.17, 15) is 9.18 Å². The molecule has 0 spiro atoms. The van der Waals surface area contributed by atoms with Gasteiger partial charge in [-0.3, -0.25) is 4.79 Å². The Morgan fingerprint density at radius 1 is 1.32 bits per heavy atom. The Morgan fingerprint density at radius 2 is 2.14 bits per heavy atom. The minimum absolute atomic E-state index is 0.0512. The van der Waals surface area contributed by atoms with E-state index in [0.717, 1.165) is 17.5 Å². The number of fused-ring (bicyclic) bond motifs is 1. The van der Waals surface area contributed by atoms with Crippen LogP contribution in [0.3, 0.4) is 0 Å². The molecule has 0 aliphatic carbocycles. The van der Waals surface area contributed by atoms with Crippen LogP contribution in [0.5, 0.6) is 5.75 Å². The zero-order chi connectivity index (χ0) is 19.8. The first kappa shape index (κ1) is 18.4. The van der Waals surface area contributed by atoms with Crippen molar-refractivity contribution < 1.29 is 13.9 Å². The number of benzene rings is 1. The van der Waals surface area contributed by atoms with Gasteiger partial charge in [0.25, 0.3) is 5.91 Å². The fourth-order valence-electron chi connectivity index (χ4n) is 3.99. The third kappa shape index (κ3) is 3.11. The molecule has 146 valence electrons. The SMILES string of the molecule is COc1ccc(C2CCN(C(=O)c3cn4cc(CN)ccc4n3)C2C)cc1F. The third-order valence-electron chi connectivity index (χ3n) is 5.59. The molecule has 3 aromatic rings. The molecule has 1 aliphatic rings. The normalized spacial score (nSPS) is 19.4. The summed E-state index contributed by atoms with van der Waals surface area (Å²) >= 11 is 0. The van der Waals surface area contributed by atoms with Crippen LogP contribution in [0.1, 0.15) is 40.9 Å². The molecule has 1 amide bonds. The molecule has 4 rings (SSSR count). The molecule has 2 aromatic heterocycles. The van der Waals surface area contributed by atoms with E-state index in [1.165, 1.54) is 13.2 Å². The summed E-state index contributed by atoms with van der Waals surface area (Å²) in [7, 11) is 1.45. The third-order valence-corrected chi connectivity index (χ3v) is 5.59. The van der Waals surface area contributed by atoms with Crippen molar-refractivity contribution >= 4 is 11.6 Å². The molecule has 1 saturated heterocycles. The summed E-state index contributed by atoms with van der Waals surface area (Å²) in [6, 6.07) is 8.73. The number of aromatic nitrogens is 2. The lowest BCUT2D eigenvalue weighted by atomic mass is 9.92. The second-order valence-electron chi connectivity index (χ2n) is 7.16. The monoisotopic (exact) mass is 382 g/mol. The smallest absolute Gasteiger partial charge is 0.274 e. The van der Waals surface area contributed by atoms with Crippen LogP contribution in [-0.4, -0.2) is 39.9 Å². The molecule has 1 fully saturated rings. The number of halogens is 1. The van der Waals surface area contributed by atoms with E-state index in [1.54, 1.807) is 12.3 Å². The summed E-state index contributed by atoms with van der Waals surface area (Å²) in [6.07, 6.45) is 4.41. The van der Waals surface area contributed by atoms with Crippen molar-refractivity contribution in [3.05, 3.63) is 65.4 Å². The molecule has 0 bridgehead atoms. The van der Waals surface area contributed by atoms with Crippen LogP contribution in [-0.2, 0) is 6.54 Å². The standard InChI is InChI=1S/C21H23FN4O2/c1-13-16(15-4-5-19(28-2)17(22)9-15)7-8-26(13)21(27)18-12-25-11-14(10-23)3-6-20(25)24-18/h3-6,9,11-13,16H,7-8,10,23H2,1-2H3. The highest BCUT2D eigenvalue weighted by Crippen LogP contribution is 2.35. The molecule has 2 N–H and O–H groups in total. The van der Waals surface area contributed by atoms with Crippen LogP contribution in [0.2, 0.25) is 0 Å². The Morgan fingerprint density at radius 3 is 2.86 bits per heavy atom. The Hall–Kier alpha value is -2.93. The first-order valence-electron chi connectivity index (χ1n) is 9.34. The van der Waals surface area contributed by atoms with E-state index in [0.29, 0.717) is 24.4 Å². The quantitative estimate of drug-likeness (QED) is 0.753. The molecular weight excluding hydrogens is 359 g/mol. The fourth-order valence-corrected chi connectivity index (χ4v) is 3.99. The highest BCUT2D eigenvalue weighted by Gasteiger charge is 2.36. The van der Waals surface area contributed by atoms with Crippen molar-refractivity contribution in [1.82, 2.24) is 14.3 Å². The molecular formula is C21H23FN4O2. The van der Waals surface area contributed by atoms with Crippen molar-refractivity contribution in [1.29, 1.82) is 0 Å². The predicted molar refractivity (Wildman–Crippen MR) is 104 cm³/mol. The molecule has 2 atom stereocenters. The molecule has 28 heavy (non-hydrogen) atoms. The average molecular weight is 382 g/mol. The Kier molecular flexibility index (Phi) is 4.77. The molecule has 0 radical (unpaired) electrons. The number of nitrogens with zero attached hydrogens (tertiary/aromatic N) is 3. The van der Waals surface area contributed by atoms with Crippen LogP contribution in [0.4, 0.5) is 4.39 Å². The summed E-state index contributed by atoms with van der Waals surface area (Å²) in [4.78, 5) is 19.3. The predicted octanol–water partition coefficient (Wildman–Crippen LogP) is 2.96. The van der Waals surface area contributed by atoms with E-state index in [2.05, 4.69) is 4.98 Å². The second-order valence-corrected chi connectivity index (χ2v) is 7.16. The maximum absolute atomic E-state index is 14.1. The van der Waals surface area contributed by atoms with Crippen molar-refractivity contribution in [3.8, 4) is 5.75 Å². The summed E-state index contributed by atoms with van der Waals surface area (Å²) < 4.78 is 20.9. The van der Waals surface area contributed by atoms with Crippen LogP contribution >= 0.6 is 0 Å². The van der Waals surface area contributed by atoms with E-state index in [1.807, 2.05) is 40.6 Å². The maximum atomic E-state index is 14.1. The minimum atomic E-state index is -0.381. The lowest BCUT2D eigenvalue weighted by molar-refractivity contribution is 0.0737. The van der Waals surface area contributed by atoms with Crippen molar-refractivity contribution in [2.75, 3.05) is 13.7 Å². The van der Waals surface area contributed by atoms with Gasteiger partial charge in [0.15, 0.2) is 11.6 Å². The summed E-state index contributed by atoms with van der Waals surface area (Å²) in [6.45, 7) is 3.04. The van der Waals surface area contributed by atoms with Gasteiger partial charge in [-0.05, 0) is 42.7 Å². The zero-order valence-corrected chi connectivity index (χ0v) is 15.9. The lowest BCUT2D eigenvalue weighted by Crippen LogP contribution is -2.35. The molecule has 0 saturated carbocycles. The number of methoxy groups -OCH3 is 1. The van der Waals surface area contributed by atoms with Gasteiger partial charge in [0.2, 0.25) is 0 Å². The molecule has 1 aliphatic heterocycles.